The van der Waals surface area contributed by atoms with Crippen molar-refractivity contribution in [2.24, 2.45) is 0 Å². The number of H-pyrrole nitrogens is 1. The molecule has 1 aliphatic rings. The summed E-state index contributed by atoms with van der Waals surface area (Å²) in [4.78, 5) is 27.3. The molecule has 2 N–H and O–H groups in total. The van der Waals surface area contributed by atoms with E-state index in [2.05, 4.69) is 25.2 Å². The SMILES string of the molecule is CC(C)(CN1CCOCC1)NC(=O)c1ccc2nc(-c3ccccn3)[nH]c2c1. The molecule has 0 atom stereocenters. The maximum absolute atomic E-state index is 12.8. The van der Waals surface area contributed by atoms with Gasteiger partial charge in [0.25, 0.3) is 5.91 Å². The molecule has 146 valence electrons. The lowest BCUT2D eigenvalue weighted by molar-refractivity contribution is 0.0269. The summed E-state index contributed by atoms with van der Waals surface area (Å²) in [5.41, 5.74) is 2.68. The van der Waals surface area contributed by atoms with E-state index in [-0.39, 0.29) is 11.4 Å². The van der Waals surface area contributed by atoms with Crippen molar-refractivity contribution in [2.45, 2.75) is 19.4 Å². The molecule has 3 heterocycles. The Morgan fingerprint density at radius 2 is 2.07 bits per heavy atom. The van der Waals surface area contributed by atoms with Crippen LogP contribution in [0.2, 0.25) is 0 Å². The van der Waals surface area contributed by atoms with Crippen molar-refractivity contribution in [1.29, 1.82) is 0 Å². The second-order valence-electron chi connectivity index (χ2n) is 7.76. The molecule has 0 saturated carbocycles. The minimum atomic E-state index is -0.337. The molecular weight excluding hydrogens is 354 g/mol. The molecule has 4 rings (SSSR count). The van der Waals surface area contributed by atoms with E-state index < -0.39 is 0 Å². The zero-order chi connectivity index (χ0) is 19.6. The lowest BCUT2D eigenvalue weighted by atomic mass is 10.0. The largest absolute Gasteiger partial charge is 0.379 e. The topological polar surface area (TPSA) is 83.1 Å². The summed E-state index contributed by atoms with van der Waals surface area (Å²) in [5, 5.41) is 3.15. The van der Waals surface area contributed by atoms with Crippen molar-refractivity contribution < 1.29 is 9.53 Å². The third kappa shape index (κ3) is 4.21. The predicted octanol–water partition coefficient (Wildman–Crippen LogP) is 2.47. The van der Waals surface area contributed by atoms with Crippen molar-refractivity contribution >= 4 is 16.9 Å². The number of aromatic amines is 1. The Kier molecular flexibility index (Phi) is 5.11. The van der Waals surface area contributed by atoms with Crippen LogP contribution in [0, 0.1) is 0 Å². The number of morpholine rings is 1. The number of amides is 1. The quantitative estimate of drug-likeness (QED) is 0.712. The lowest BCUT2D eigenvalue weighted by Gasteiger charge is -2.35. The number of aromatic nitrogens is 3. The highest BCUT2D eigenvalue weighted by Gasteiger charge is 2.25. The Balaban J connectivity index is 1.49. The fourth-order valence-corrected chi connectivity index (χ4v) is 3.51. The minimum absolute atomic E-state index is 0.0888. The summed E-state index contributed by atoms with van der Waals surface area (Å²) in [5.74, 6) is 0.606. The fourth-order valence-electron chi connectivity index (χ4n) is 3.51. The summed E-state index contributed by atoms with van der Waals surface area (Å²) in [6.07, 6.45) is 1.73. The van der Waals surface area contributed by atoms with Gasteiger partial charge in [0, 0.05) is 36.9 Å². The molecule has 28 heavy (non-hydrogen) atoms. The number of carbonyl (C=O) groups excluding carboxylic acids is 1. The standard InChI is InChI=1S/C21H25N5O2/c1-21(2,14-26-9-11-28-12-10-26)25-20(27)15-6-7-16-18(13-15)24-19(23-16)17-5-3-4-8-22-17/h3-8,13H,9-12,14H2,1-2H3,(H,23,24)(H,25,27). The van der Waals surface area contributed by atoms with Gasteiger partial charge < -0.3 is 15.0 Å². The van der Waals surface area contributed by atoms with Gasteiger partial charge in [0.2, 0.25) is 0 Å². The molecule has 1 aromatic carbocycles. The van der Waals surface area contributed by atoms with Crippen molar-refractivity contribution in [3.05, 3.63) is 48.2 Å². The number of fused-ring (bicyclic) bond motifs is 1. The second-order valence-corrected chi connectivity index (χ2v) is 7.76. The third-order valence-electron chi connectivity index (χ3n) is 4.83. The van der Waals surface area contributed by atoms with Gasteiger partial charge in [-0.15, -0.1) is 0 Å². The molecule has 0 radical (unpaired) electrons. The smallest absolute Gasteiger partial charge is 0.251 e. The highest BCUT2D eigenvalue weighted by atomic mass is 16.5. The summed E-state index contributed by atoms with van der Waals surface area (Å²) < 4.78 is 5.40. The molecule has 7 heteroatoms. The van der Waals surface area contributed by atoms with E-state index >= 15 is 0 Å². The van der Waals surface area contributed by atoms with Gasteiger partial charge in [-0.2, -0.15) is 0 Å². The number of pyridine rings is 1. The van der Waals surface area contributed by atoms with Crippen LogP contribution in [0.5, 0.6) is 0 Å². The summed E-state index contributed by atoms with van der Waals surface area (Å²) in [7, 11) is 0. The average molecular weight is 379 g/mol. The molecule has 2 aromatic heterocycles. The molecule has 1 fully saturated rings. The van der Waals surface area contributed by atoms with Crippen LogP contribution in [0.25, 0.3) is 22.6 Å². The maximum Gasteiger partial charge on any atom is 0.251 e. The van der Waals surface area contributed by atoms with Crippen LogP contribution in [0.3, 0.4) is 0 Å². The van der Waals surface area contributed by atoms with Crippen LogP contribution in [0.4, 0.5) is 0 Å². The first-order valence-electron chi connectivity index (χ1n) is 9.54. The van der Waals surface area contributed by atoms with Crippen LogP contribution in [0.15, 0.2) is 42.6 Å². The number of benzene rings is 1. The Bertz CT molecular complexity index is 961. The Hall–Kier alpha value is -2.77. The molecule has 1 aliphatic heterocycles. The molecule has 0 bridgehead atoms. The Labute approximate surface area is 164 Å². The molecule has 1 saturated heterocycles. The van der Waals surface area contributed by atoms with Crippen molar-refractivity contribution in [1.82, 2.24) is 25.2 Å². The lowest BCUT2D eigenvalue weighted by Crippen LogP contribution is -2.53. The molecule has 0 aliphatic carbocycles. The molecular formula is C21H25N5O2. The highest BCUT2D eigenvalue weighted by Crippen LogP contribution is 2.20. The van der Waals surface area contributed by atoms with Crippen molar-refractivity contribution in [2.75, 3.05) is 32.8 Å². The van der Waals surface area contributed by atoms with Crippen LogP contribution >= 0.6 is 0 Å². The molecule has 1 amide bonds. The third-order valence-corrected chi connectivity index (χ3v) is 4.83. The number of ether oxygens (including phenoxy) is 1. The molecule has 3 aromatic rings. The van der Waals surface area contributed by atoms with Crippen LogP contribution in [0.1, 0.15) is 24.2 Å². The van der Waals surface area contributed by atoms with Crippen LogP contribution in [-0.2, 0) is 4.74 Å². The van der Waals surface area contributed by atoms with Crippen LogP contribution in [-0.4, -0.2) is 64.1 Å². The summed E-state index contributed by atoms with van der Waals surface area (Å²) in [6, 6.07) is 11.2. The van der Waals surface area contributed by atoms with Gasteiger partial charge in [-0.25, -0.2) is 4.98 Å². The van der Waals surface area contributed by atoms with Gasteiger partial charge in [0.05, 0.1) is 24.2 Å². The zero-order valence-corrected chi connectivity index (χ0v) is 16.2. The summed E-state index contributed by atoms with van der Waals surface area (Å²) in [6.45, 7) is 8.18. The first-order chi connectivity index (χ1) is 13.5. The number of rotatable bonds is 5. The van der Waals surface area contributed by atoms with E-state index in [0.29, 0.717) is 11.4 Å². The fraction of sp³-hybridized carbons (Fsp3) is 0.381. The Morgan fingerprint density at radius 1 is 1.25 bits per heavy atom. The number of hydrogen-bond donors (Lipinski definition) is 2. The van der Waals surface area contributed by atoms with E-state index in [4.69, 9.17) is 4.74 Å². The molecule has 0 spiro atoms. The number of hydrogen-bond acceptors (Lipinski definition) is 5. The van der Waals surface area contributed by atoms with Crippen molar-refractivity contribution in [3.63, 3.8) is 0 Å². The van der Waals surface area contributed by atoms with Gasteiger partial charge in [0.1, 0.15) is 5.69 Å². The Morgan fingerprint density at radius 3 is 2.82 bits per heavy atom. The number of imidazole rings is 1. The van der Waals surface area contributed by atoms with Gasteiger partial charge in [-0.3, -0.25) is 14.7 Å². The van der Waals surface area contributed by atoms with E-state index in [9.17, 15) is 4.79 Å². The van der Waals surface area contributed by atoms with Gasteiger partial charge in [-0.1, -0.05) is 6.07 Å². The maximum atomic E-state index is 12.8. The first kappa shape index (κ1) is 18.6. The van der Waals surface area contributed by atoms with E-state index in [1.54, 1.807) is 6.20 Å². The number of nitrogens with zero attached hydrogens (tertiary/aromatic N) is 3. The van der Waals surface area contributed by atoms with Crippen molar-refractivity contribution in [3.8, 4) is 11.5 Å². The molecule has 7 nitrogen and oxygen atoms in total. The molecule has 0 unspecified atom stereocenters. The van der Waals surface area contributed by atoms with E-state index in [1.807, 2.05) is 50.2 Å². The number of carbonyl (C=O) groups is 1. The minimum Gasteiger partial charge on any atom is -0.379 e. The van der Waals surface area contributed by atoms with Gasteiger partial charge in [0.15, 0.2) is 5.82 Å². The average Bonchev–Trinajstić information content (AvgIpc) is 3.12. The predicted molar refractivity (Wildman–Crippen MR) is 108 cm³/mol. The summed E-state index contributed by atoms with van der Waals surface area (Å²) >= 11 is 0. The van der Waals surface area contributed by atoms with Gasteiger partial charge in [-0.05, 0) is 44.2 Å². The zero-order valence-electron chi connectivity index (χ0n) is 16.2. The van der Waals surface area contributed by atoms with Gasteiger partial charge >= 0.3 is 0 Å². The first-order valence-corrected chi connectivity index (χ1v) is 9.54. The van der Waals surface area contributed by atoms with E-state index in [1.165, 1.54) is 0 Å². The monoisotopic (exact) mass is 379 g/mol. The highest BCUT2D eigenvalue weighted by molar-refractivity contribution is 5.98. The second kappa shape index (κ2) is 7.69. The van der Waals surface area contributed by atoms with E-state index in [0.717, 1.165) is 49.6 Å². The normalized spacial score (nSPS) is 15.6. The van der Waals surface area contributed by atoms with Crippen LogP contribution < -0.4 is 5.32 Å². The number of nitrogens with one attached hydrogen (secondary N) is 2.